The summed E-state index contributed by atoms with van der Waals surface area (Å²) in [6.45, 7) is 2.09. The number of nitrogens with zero attached hydrogens (tertiary/aromatic N) is 1. The molecule has 2 nitrogen and oxygen atoms in total. The molecule has 0 spiro atoms. The summed E-state index contributed by atoms with van der Waals surface area (Å²) in [5.74, 6) is 0. The van der Waals surface area contributed by atoms with Crippen molar-refractivity contribution >= 4 is 16.6 Å². The molecular formula is C15H14N2. The number of nitrogens with two attached hydrogens (primary N) is 1. The Balaban J connectivity index is 2.32. The molecule has 0 fully saturated rings. The number of hydrogen-bond donors (Lipinski definition) is 1. The van der Waals surface area contributed by atoms with Gasteiger partial charge in [0.1, 0.15) is 0 Å². The van der Waals surface area contributed by atoms with Gasteiger partial charge in [0.2, 0.25) is 0 Å². The molecule has 1 aromatic heterocycles. The molecule has 0 aliphatic heterocycles. The van der Waals surface area contributed by atoms with Crippen molar-refractivity contribution in [3.05, 3.63) is 60.3 Å². The SMILES string of the molecule is Cc1cc(N)cc2c1ccn2-c1ccccc1. The van der Waals surface area contributed by atoms with Crippen LogP contribution in [0.5, 0.6) is 0 Å². The largest absolute Gasteiger partial charge is 0.399 e. The van der Waals surface area contributed by atoms with Gasteiger partial charge in [0, 0.05) is 23.0 Å². The van der Waals surface area contributed by atoms with Gasteiger partial charge in [-0.2, -0.15) is 0 Å². The van der Waals surface area contributed by atoms with Gasteiger partial charge in [0.05, 0.1) is 5.52 Å². The van der Waals surface area contributed by atoms with E-state index in [4.69, 9.17) is 5.73 Å². The Hall–Kier alpha value is -2.22. The van der Waals surface area contributed by atoms with Gasteiger partial charge in [0.15, 0.2) is 0 Å². The minimum atomic E-state index is 0.811. The highest BCUT2D eigenvalue weighted by atomic mass is 15.0. The van der Waals surface area contributed by atoms with Crippen molar-refractivity contribution in [1.29, 1.82) is 0 Å². The normalized spacial score (nSPS) is 10.9. The molecule has 0 aliphatic rings. The summed E-state index contributed by atoms with van der Waals surface area (Å²) in [5, 5.41) is 1.25. The van der Waals surface area contributed by atoms with E-state index in [9.17, 15) is 0 Å². The third kappa shape index (κ3) is 1.58. The Labute approximate surface area is 100 Å². The molecule has 2 aromatic carbocycles. The molecule has 0 bridgehead atoms. The lowest BCUT2D eigenvalue weighted by atomic mass is 10.1. The first-order valence-corrected chi connectivity index (χ1v) is 5.68. The van der Waals surface area contributed by atoms with Crippen LogP contribution in [0.4, 0.5) is 5.69 Å². The average Bonchev–Trinajstić information content (AvgIpc) is 2.74. The van der Waals surface area contributed by atoms with Crippen LogP contribution in [0.25, 0.3) is 16.6 Å². The monoisotopic (exact) mass is 222 g/mol. The first kappa shape index (κ1) is 9.97. The van der Waals surface area contributed by atoms with Crippen LogP contribution in [-0.4, -0.2) is 4.57 Å². The van der Waals surface area contributed by atoms with Crippen molar-refractivity contribution in [2.45, 2.75) is 6.92 Å². The van der Waals surface area contributed by atoms with Gasteiger partial charge in [-0.15, -0.1) is 0 Å². The van der Waals surface area contributed by atoms with E-state index >= 15 is 0 Å². The van der Waals surface area contributed by atoms with Crippen molar-refractivity contribution in [1.82, 2.24) is 4.57 Å². The maximum atomic E-state index is 5.92. The van der Waals surface area contributed by atoms with E-state index < -0.39 is 0 Å². The van der Waals surface area contributed by atoms with Crippen LogP contribution in [-0.2, 0) is 0 Å². The number of benzene rings is 2. The van der Waals surface area contributed by atoms with Crippen LogP contribution in [0, 0.1) is 6.92 Å². The summed E-state index contributed by atoms with van der Waals surface area (Å²) in [6, 6.07) is 16.5. The zero-order valence-electron chi connectivity index (χ0n) is 9.72. The predicted octanol–water partition coefficient (Wildman–Crippen LogP) is 3.52. The number of para-hydroxylation sites is 1. The van der Waals surface area contributed by atoms with Crippen LogP contribution in [0.2, 0.25) is 0 Å². The molecule has 1 heterocycles. The van der Waals surface area contributed by atoms with Crippen molar-refractivity contribution in [2.75, 3.05) is 5.73 Å². The van der Waals surface area contributed by atoms with E-state index in [-0.39, 0.29) is 0 Å². The highest BCUT2D eigenvalue weighted by molar-refractivity contribution is 5.88. The molecule has 0 aliphatic carbocycles. The molecular weight excluding hydrogens is 208 g/mol. The summed E-state index contributed by atoms with van der Waals surface area (Å²) < 4.78 is 2.17. The van der Waals surface area contributed by atoms with Gasteiger partial charge in [-0.25, -0.2) is 0 Å². The summed E-state index contributed by atoms with van der Waals surface area (Å²) in [6.07, 6.45) is 2.09. The second kappa shape index (κ2) is 3.67. The minimum absolute atomic E-state index is 0.811. The lowest BCUT2D eigenvalue weighted by Crippen LogP contribution is -1.93. The second-order valence-corrected chi connectivity index (χ2v) is 4.29. The highest BCUT2D eigenvalue weighted by Crippen LogP contribution is 2.25. The summed E-state index contributed by atoms with van der Waals surface area (Å²) in [4.78, 5) is 0. The van der Waals surface area contributed by atoms with Gasteiger partial charge in [0.25, 0.3) is 0 Å². The maximum absolute atomic E-state index is 5.92. The zero-order chi connectivity index (χ0) is 11.8. The average molecular weight is 222 g/mol. The van der Waals surface area contributed by atoms with E-state index in [0.29, 0.717) is 0 Å². The third-order valence-electron chi connectivity index (χ3n) is 3.07. The fourth-order valence-corrected chi connectivity index (χ4v) is 2.27. The van der Waals surface area contributed by atoms with E-state index in [1.807, 2.05) is 30.3 Å². The lowest BCUT2D eigenvalue weighted by molar-refractivity contribution is 1.13. The molecule has 2 N–H and O–H groups in total. The van der Waals surface area contributed by atoms with Crippen molar-refractivity contribution < 1.29 is 0 Å². The number of fused-ring (bicyclic) bond motifs is 1. The fourth-order valence-electron chi connectivity index (χ4n) is 2.27. The zero-order valence-corrected chi connectivity index (χ0v) is 9.72. The molecule has 0 radical (unpaired) electrons. The minimum Gasteiger partial charge on any atom is -0.399 e. The van der Waals surface area contributed by atoms with Gasteiger partial charge in [-0.1, -0.05) is 18.2 Å². The Morgan fingerprint density at radius 1 is 1.00 bits per heavy atom. The first-order valence-electron chi connectivity index (χ1n) is 5.68. The third-order valence-corrected chi connectivity index (χ3v) is 3.07. The van der Waals surface area contributed by atoms with E-state index in [1.54, 1.807) is 0 Å². The smallest absolute Gasteiger partial charge is 0.0551 e. The number of hydrogen-bond acceptors (Lipinski definition) is 1. The van der Waals surface area contributed by atoms with Crippen molar-refractivity contribution in [2.24, 2.45) is 0 Å². The fraction of sp³-hybridized carbons (Fsp3) is 0.0667. The summed E-state index contributed by atoms with van der Waals surface area (Å²) in [7, 11) is 0. The van der Waals surface area contributed by atoms with Crippen molar-refractivity contribution in [3.63, 3.8) is 0 Å². The molecule has 0 atom stereocenters. The first-order chi connectivity index (χ1) is 8.25. The Kier molecular flexibility index (Phi) is 2.15. The molecule has 2 heteroatoms. The molecule has 17 heavy (non-hydrogen) atoms. The van der Waals surface area contributed by atoms with Gasteiger partial charge < -0.3 is 10.3 Å². The number of rotatable bonds is 1. The van der Waals surface area contributed by atoms with Gasteiger partial charge >= 0.3 is 0 Å². The molecule has 0 saturated heterocycles. The number of nitrogen functional groups attached to an aromatic ring is 1. The number of aryl methyl sites for hydroxylation is 1. The number of anilines is 1. The molecule has 0 saturated carbocycles. The van der Waals surface area contributed by atoms with E-state index in [1.165, 1.54) is 10.9 Å². The Morgan fingerprint density at radius 3 is 2.53 bits per heavy atom. The Bertz CT molecular complexity index is 666. The predicted molar refractivity (Wildman–Crippen MR) is 72.4 cm³/mol. The second-order valence-electron chi connectivity index (χ2n) is 4.29. The maximum Gasteiger partial charge on any atom is 0.0551 e. The summed E-state index contributed by atoms with van der Waals surface area (Å²) >= 11 is 0. The van der Waals surface area contributed by atoms with Gasteiger partial charge in [-0.3, -0.25) is 0 Å². The van der Waals surface area contributed by atoms with Crippen LogP contribution in [0.15, 0.2) is 54.7 Å². The van der Waals surface area contributed by atoms with Crippen LogP contribution < -0.4 is 5.73 Å². The van der Waals surface area contributed by atoms with Crippen LogP contribution in [0.3, 0.4) is 0 Å². The summed E-state index contributed by atoms with van der Waals surface area (Å²) in [5.41, 5.74) is 10.3. The molecule has 3 rings (SSSR count). The van der Waals surface area contributed by atoms with Gasteiger partial charge in [-0.05, 0) is 42.8 Å². The quantitative estimate of drug-likeness (QED) is 0.627. The lowest BCUT2D eigenvalue weighted by Gasteiger charge is -2.06. The Morgan fingerprint density at radius 2 is 1.76 bits per heavy atom. The van der Waals surface area contributed by atoms with Crippen LogP contribution >= 0.6 is 0 Å². The standard InChI is InChI=1S/C15H14N2/c1-11-9-12(16)10-15-14(11)7-8-17(15)13-5-3-2-4-6-13/h2-10H,16H2,1H3. The van der Waals surface area contributed by atoms with E-state index in [2.05, 4.69) is 35.9 Å². The topological polar surface area (TPSA) is 30.9 Å². The number of aromatic nitrogens is 1. The molecule has 3 aromatic rings. The highest BCUT2D eigenvalue weighted by Gasteiger charge is 2.05. The van der Waals surface area contributed by atoms with Crippen LogP contribution in [0.1, 0.15) is 5.56 Å². The molecule has 84 valence electrons. The van der Waals surface area contributed by atoms with Crippen molar-refractivity contribution in [3.8, 4) is 5.69 Å². The molecule has 0 amide bonds. The van der Waals surface area contributed by atoms with E-state index in [0.717, 1.165) is 16.9 Å². The molecule has 0 unspecified atom stereocenters.